The molecule has 0 aliphatic heterocycles. The molecule has 0 aliphatic rings. The van der Waals surface area contributed by atoms with E-state index in [0.29, 0.717) is 24.7 Å². The third kappa shape index (κ3) is 3.27. The first-order valence-corrected chi connectivity index (χ1v) is 5.48. The van der Waals surface area contributed by atoms with Crippen LogP contribution in [-0.2, 0) is 0 Å². The van der Waals surface area contributed by atoms with E-state index in [2.05, 4.69) is 25.8 Å². The third-order valence-corrected chi connectivity index (χ3v) is 2.11. The van der Waals surface area contributed by atoms with Gasteiger partial charge in [-0.2, -0.15) is 0 Å². The van der Waals surface area contributed by atoms with Crippen LogP contribution >= 0.6 is 0 Å². The van der Waals surface area contributed by atoms with Crippen molar-refractivity contribution in [1.29, 1.82) is 0 Å². The van der Waals surface area contributed by atoms with Gasteiger partial charge in [-0.15, -0.1) is 0 Å². The predicted molar refractivity (Wildman–Crippen MR) is 64.1 cm³/mol. The molecule has 0 saturated heterocycles. The summed E-state index contributed by atoms with van der Waals surface area (Å²) in [5.74, 6) is 0.456. The Hall–Kier alpha value is -2.44. The number of nitrogens with zero attached hydrogens (tertiary/aromatic N) is 3. The zero-order valence-corrected chi connectivity index (χ0v) is 9.88. The Bertz CT molecular complexity index is 511. The second-order valence-corrected chi connectivity index (χ2v) is 3.59. The summed E-state index contributed by atoms with van der Waals surface area (Å²) < 4.78 is 4.83. The molecule has 2 heterocycles. The van der Waals surface area contributed by atoms with Gasteiger partial charge in [0.15, 0.2) is 0 Å². The summed E-state index contributed by atoms with van der Waals surface area (Å²) in [6, 6.07) is 3.32. The lowest BCUT2D eigenvalue weighted by atomic mass is 10.3. The summed E-state index contributed by atoms with van der Waals surface area (Å²) in [6.07, 6.45) is 3.29. The van der Waals surface area contributed by atoms with Crippen LogP contribution in [0.25, 0.3) is 0 Å². The van der Waals surface area contributed by atoms with Gasteiger partial charge in [0.2, 0.25) is 11.7 Å². The van der Waals surface area contributed by atoms with E-state index in [4.69, 9.17) is 4.52 Å². The van der Waals surface area contributed by atoms with Gasteiger partial charge in [0.1, 0.15) is 0 Å². The lowest BCUT2D eigenvalue weighted by Crippen LogP contribution is -2.28. The molecule has 0 aromatic carbocycles. The van der Waals surface area contributed by atoms with Crippen LogP contribution in [0.3, 0.4) is 0 Å². The number of carbonyl (C=O) groups excluding carboxylic acids is 1. The van der Waals surface area contributed by atoms with Gasteiger partial charge in [0.05, 0.1) is 5.69 Å². The highest BCUT2D eigenvalue weighted by Gasteiger charge is 2.10. The van der Waals surface area contributed by atoms with Crippen LogP contribution in [0, 0.1) is 6.92 Å². The van der Waals surface area contributed by atoms with Gasteiger partial charge in [-0.25, -0.2) is 9.97 Å². The van der Waals surface area contributed by atoms with Crippen molar-refractivity contribution in [2.45, 2.75) is 6.92 Å². The summed E-state index contributed by atoms with van der Waals surface area (Å²) in [6.45, 7) is 2.73. The fourth-order valence-corrected chi connectivity index (χ4v) is 1.30. The summed E-state index contributed by atoms with van der Waals surface area (Å²) >= 11 is 0. The van der Waals surface area contributed by atoms with Crippen molar-refractivity contribution >= 4 is 11.9 Å². The lowest BCUT2D eigenvalue weighted by molar-refractivity contribution is 0.0918. The maximum absolute atomic E-state index is 11.6. The van der Waals surface area contributed by atoms with Crippen LogP contribution in [0.1, 0.15) is 16.2 Å². The first-order valence-electron chi connectivity index (χ1n) is 5.48. The van der Waals surface area contributed by atoms with E-state index in [1.54, 1.807) is 31.5 Å². The summed E-state index contributed by atoms with van der Waals surface area (Å²) in [5, 5.41) is 9.31. The first-order chi connectivity index (χ1) is 8.75. The highest BCUT2D eigenvalue weighted by atomic mass is 16.5. The zero-order chi connectivity index (χ0) is 12.8. The van der Waals surface area contributed by atoms with Gasteiger partial charge in [0.25, 0.3) is 5.91 Å². The zero-order valence-electron chi connectivity index (χ0n) is 9.88. The van der Waals surface area contributed by atoms with Gasteiger partial charge in [0, 0.05) is 31.5 Å². The monoisotopic (exact) mass is 247 g/mol. The van der Waals surface area contributed by atoms with Gasteiger partial charge >= 0.3 is 0 Å². The van der Waals surface area contributed by atoms with E-state index in [0.717, 1.165) is 0 Å². The molecule has 0 saturated carbocycles. The van der Waals surface area contributed by atoms with Crippen molar-refractivity contribution in [3.63, 3.8) is 0 Å². The van der Waals surface area contributed by atoms with Crippen molar-refractivity contribution < 1.29 is 9.32 Å². The molecule has 94 valence electrons. The molecule has 18 heavy (non-hydrogen) atoms. The number of amides is 1. The van der Waals surface area contributed by atoms with Crippen molar-refractivity contribution in [3.8, 4) is 0 Å². The molecule has 7 nitrogen and oxygen atoms in total. The quantitative estimate of drug-likeness (QED) is 0.752. The van der Waals surface area contributed by atoms with E-state index in [1.165, 1.54) is 0 Å². The van der Waals surface area contributed by atoms with Gasteiger partial charge in [-0.05, 0) is 13.0 Å². The molecular weight excluding hydrogens is 234 g/mol. The number of hydrogen-bond acceptors (Lipinski definition) is 6. The fraction of sp³-hybridized carbons (Fsp3) is 0.273. The number of carbonyl (C=O) groups is 1. The standard InChI is InChI=1S/C11H13N5O2/c1-8-7-9(18-16-8)10(17)12-5-6-15-11-13-3-2-4-14-11/h2-4,7H,5-6H2,1H3,(H,12,17)(H,13,14,15). The van der Waals surface area contributed by atoms with E-state index in [-0.39, 0.29) is 11.7 Å². The van der Waals surface area contributed by atoms with Crippen LogP contribution in [-0.4, -0.2) is 34.1 Å². The predicted octanol–water partition coefficient (Wildman–Crippen LogP) is 0.615. The van der Waals surface area contributed by atoms with E-state index in [9.17, 15) is 4.79 Å². The smallest absolute Gasteiger partial charge is 0.289 e. The third-order valence-electron chi connectivity index (χ3n) is 2.11. The van der Waals surface area contributed by atoms with Crippen LogP contribution in [0.5, 0.6) is 0 Å². The van der Waals surface area contributed by atoms with Gasteiger partial charge < -0.3 is 15.2 Å². The number of aryl methyl sites for hydroxylation is 1. The molecule has 0 atom stereocenters. The number of nitrogens with one attached hydrogen (secondary N) is 2. The molecule has 0 aliphatic carbocycles. The van der Waals surface area contributed by atoms with Crippen molar-refractivity contribution in [2.24, 2.45) is 0 Å². The maximum Gasteiger partial charge on any atom is 0.289 e. The number of aromatic nitrogens is 3. The minimum absolute atomic E-state index is 0.212. The normalized spacial score (nSPS) is 10.1. The summed E-state index contributed by atoms with van der Waals surface area (Å²) in [7, 11) is 0. The van der Waals surface area contributed by atoms with Crippen LogP contribution in [0.2, 0.25) is 0 Å². The number of hydrogen-bond donors (Lipinski definition) is 2. The molecule has 2 aromatic rings. The second kappa shape index (κ2) is 5.76. The topological polar surface area (TPSA) is 92.9 Å². The van der Waals surface area contributed by atoms with Crippen LogP contribution in [0.4, 0.5) is 5.95 Å². The Morgan fingerprint density at radius 3 is 2.78 bits per heavy atom. The molecule has 2 aromatic heterocycles. The van der Waals surface area contributed by atoms with E-state index < -0.39 is 0 Å². The highest BCUT2D eigenvalue weighted by molar-refractivity contribution is 5.91. The van der Waals surface area contributed by atoms with E-state index in [1.807, 2.05) is 0 Å². The molecule has 2 rings (SSSR count). The van der Waals surface area contributed by atoms with Crippen molar-refractivity contribution in [3.05, 3.63) is 36.0 Å². The van der Waals surface area contributed by atoms with Crippen molar-refractivity contribution in [2.75, 3.05) is 18.4 Å². The fourth-order valence-electron chi connectivity index (χ4n) is 1.30. The Kier molecular flexibility index (Phi) is 3.85. The number of rotatable bonds is 5. The minimum Gasteiger partial charge on any atom is -0.352 e. The minimum atomic E-state index is -0.286. The average molecular weight is 247 g/mol. The molecule has 7 heteroatoms. The molecule has 2 N–H and O–H groups in total. The Morgan fingerprint density at radius 1 is 1.33 bits per heavy atom. The molecule has 0 spiro atoms. The Labute approximate surface area is 104 Å². The lowest BCUT2D eigenvalue weighted by Gasteiger charge is -2.04. The molecule has 0 fully saturated rings. The van der Waals surface area contributed by atoms with Gasteiger partial charge in [-0.1, -0.05) is 5.16 Å². The van der Waals surface area contributed by atoms with Crippen LogP contribution in [0.15, 0.2) is 29.0 Å². The van der Waals surface area contributed by atoms with Gasteiger partial charge in [-0.3, -0.25) is 4.79 Å². The Balaban J connectivity index is 1.71. The molecular formula is C11H13N5O2. The molecule has 0 bridgehead atoms. The van der Waals surface area contributed by atoms with Crippen LogP contribution < -0.4 is 10.6 Å². The molecule has 1 amide bonds. The van der Waals surface area contributed by atoms with E-state index >= 15 is 0 Å². The molecule has 0 radical (unpaired) electrons. The molecule has 0 unspecified atom stereocenters. The van der Waals surface area contributed by atoms with Crippen molar-refractivity contribution in [1.82, 2.24) is 20.4 Å². The maximum atomic E-state index is 11.6. The first kappa shape index (κ1) is 12.0. The SMILES string of the molecule is Cc1cc(C(=O)NCCNc2ncccn2)on1. The summed E-state index contributed by atoms with van der Waals surface area (Å²) in [4.78, 5) is 19.6. The highest BCUT2D eigenvalue weighted by Crippen LogP contribution is 2.01. The summed E-state index contributed by atoms with van der Waals surface area (Å²) in [5.41, 5.74) is 0.677. The second-order valence-electron chi connectivity index (χ2n) is 3.59. The number of anilines is 1. The largest absolute Gasteiger partial charge is 0.352 e. The Morgan fingerprint density at radius 2 is 2.11 bits per heavy atom. The average Bonchev–Trinajstić information content (AvgIpc) is 2.82.